The van der Waals surface area contributed by atoms with Gasteiger partial charge in [0.2, 0.25) is 0 Å². The first-order chi connectivity index (χ1) is 40.1. The minimum Gasteiger partial charge on any atom is -0.355 e. The standard InChI is InChI=1S/C35H23N5.C23H15BrN4.C12H9N/c1-2-10-25(11-3-1)34-37-38-35(40(34)32-18-8-12-24-13-9-23-36-33(24)32)26-19-21-27(22-20-26)39-30-16-6-4-14-28(30)29-15-5-7-17-31(29)39;24-19-13-11-18(12-14-19)23-27-26-22(17-6-2-1-3-7-17)28(23)20-10-4-8-16-9-5-15-25-21(16)20;1-3-7-11-9(5-1)10-6-2-4-8-12(10)13-11/h1-23H;1-15H;1-8,13H. The quantitative estimate of drug-likeness (QED) is 0.170. The first-order valence-corrected chi connectivity index (χ1v) is 27.4. The molecule has 0 fully saturated rings. The molecule has 0 radical (unpaired) electrons. The monoisotopic (exact) mass is 1110 g/mol. The van der Waals surface area contributed by atoms with Crippen LogP contribution >= 0.6 is 15.9 Å². The molecule has 6 heterocycles. The second-order valence-corrected chi connectivity index (χ2v) is 20.4. The molecule has 0 atom stereocenters. The zero-order valence-electron chi connectivity index (χ0n) is 43.5. The number of nitrogens with one attached hydrogen (secondary N) is 1. The van der Waals surface area contributed by atoms with E-state index in [1.54, 1.807) is 0 Å². The number of benzene rings is 10. The number of halogens is 1. The summed E-state index contributed by atoms with van der Waals surface area (Å²) in [5.41, 5.74) is 13.6. The smallest absolute Gasteiger partial charge is 0.168 e. The molecule has 10 nitrogen and oxygen atoms in total. The minimum atomic E-state index is 0.769. The van der Waals surface area contributed by atoms with E-state index in [-0.39, 0.29) is 0 Å². The summed E-state index contributed by atoms with van der Waals surface area (Å²) in [6.45, 7) is 0. The van der Waals surface area contributed by atoms with Crippen LogP contribution in [0.5, 0.6) is 0 Å². The van der Waals surface area contributed by atoms with Gasteiger partial charge in [0.15, 0.2) is 23.3 Å². The van der Waals surface area contributed by atoms with E-state index in [4.69, 9.17) is 10.1 Å². The highest BCUT2D eigenvalue weighted by Gasteiger charge is 2.22. The number of fused-ring (bicyclic) bond motifs is 8. The maximum Gasteiger partial charge on any atom is 0.168 e. The van der Waals surface area contributed by atoms with Crippen LogP contribution in [-0.4, -0.2) is 49.0 Å². The Kier molecular flexibility index (Phi) is 12.8. The number of aromatic nitrogens is 10. The van der Waals surface area contributed by atoms with E-state index in [1.165, 1.54) is 43.6 Å². The van der Waals surface area contributed by atoms with Crippen LogP contribution < -0.4 is 0 Å². The number of rotatable bonds is 7. The van der Waals surface area contributed by atoms with Crippen molar-refractivity contribution in [2.75, 3.05) is 0 Å². The fourth-order valence-electron chi connectivity index (χ4n) is 10.8. The van der Waals surface area contributed by atoms with Crippen LogP contribution in [0.3, 0.4) is 0 Å². The van der Waals surface area contributed by atoms with E-state index in [1.807, 2.05) is 103 Å². The van der Waals surface area contributed by atoms with Crippen molar-refractivity contribution in [1.82, 2.24) is 49.0 Å². The molecule has 16 rings (SSSR count). The fraction of sp³-hybridized carbons (Fsp3) is 0. The van der Waals surface area contributed by atoms with Crippen molar-refractivity contribution in [2.24, 2.45) is 0 Å². The van der Waals surface area contributed by atoms with Gasteiger partial charge in [-0.05, 0) is 84.9 Å². The van der Waals surface area contributed by atoms with Gasteiger partial charge in [-0.2, -0.15) is 0 Å². The normalized spacial score (nSPS) is 11.3. The average Bonchev–Trinajstić information content (AvgIpc) is 4.36. The molecule has 16 aromatic rings. The van der Waals surface area contributed by atoms with Crippen LogP contribution in [-0.2, 0) is 0 Å². The molecule has 0 spiro atoms. The van der Waals surface area contributed by atoms with Gasteiger partial charge in [0.1, 0.15) is 0 Å². The van der Waals surface area contributed by atoms with Crippen molar-refractivity contribution in [3.63, 3.8) is 0 Å². The molecule has 384 valence electrons. The summed E-state index contributed by atoms with van der Waals surface area (Å²) in [5, 5.41) is 25.7. The molecule has 0 saturated carbocycles. The van der Waals surface area contributed by atoms with Crippen molar-refractivity contribution in [3.05, 3.63) is 284 Å². The third-order valence-electron chi connectivity index (χ3n) is 14.6. The van der Waals surface area contributed by atoms with Gasteiger partial charge in [0.25, 0.3) is 0 Å². The summed E-state index contributed by atoms with van der Waals surface area (Å²) in [4.78, 5) is 12.7. The van der Waals surface area contributed by atoms with Crippen LogP contribution in [0.25, 0.3) is 128 Å². The van der Waals surface area contributed by atoms with E-state index < -0.39 is 0 Å². The molecule has 0 amide bonds. The maximum atomic E-state index is 4.73. The molecule has 0 unspecified atom stereocenters. The minimum absolute atomic E-state index is 0.769. The number of nitrogens with zero attached hydrogens (tertiary/aromatic N) is 9. The Labute approximate surface area is 474 Å². The number of hydrogen-bond acceptors (Lipinski definition) is 6. The van der Waals surface area contributed by atoms with Crippen molar-refractivity contribution in [2.45, 2.75) is 0 Å². The Hall–Kier alpha value is -10.6. The molecule has 0 saturated heterocycles. The first kappa shape index (κ1) is 48.7. The fourth-order valence-corrected chi connectivity index (χ4v) is 11.1. The van der Waals surface area contributed by atoms with Gasteiger partial charge in [-0.25, -0.2) is 0 Å². The summed E-state index contributed by atoms with van der Waals surface area (Å²) in [7, 11) is 0. The maximum absolute atomic E-state index is 4.73. The van der Waals surface area contributed by atoms with Gasteiger partial charge in [0, 0.05) is 88.2 Å². The largest absolute Gasteiger partial charge is 0.355 e. The van der Waals surface area contributed by atoms with Crippen LogP contribution in [0.4, 0.5) is 0 Å². The molecule has 0 bridgehead atoms. The Morgan fingerprint density at radius 3 is 1.12 bits per heavy atom. The lowest BCUT2D eigenvalue weighted by molar-refractivity contribution is 1.08. The van der Waals surface area contributed by atoms with Gasteiger partial charge >= 0.3 is 0 Å². The lowest BCUT2D eigenvalue weighted by atomic mass is 10.1. The number of H-pyrrole nitrogens is 1. The molecule has 11 heteroatoms. The summed E-state index contributed by atoms with van der Waals surface area (Å²) >= 11 is 3.50. The SMILES string of the molecule is Brc1ccc(-c2nnc(-c3ccccc3)n2-c2cccc3cccnc23)cc1.c1ccc(-c2nnc(-c3ccc(-n4c5ccccc5c5ccccc54)cc3)n2-c2cccc3cccnc23)cc1.c1ccc2c(c1)[nH]c1ccccc12. The number of hydrogen-bond donors (Lipinski definition) is 1. The average molecular weight is 1110 g/mol. The van der Waals surface area contributed by atoms with Crippen molar-refractivity contribution in [1.29, 1.82) is 0 Å². The lowest BCUT2D eigenvalue weighted by Crippen LogP contribution is -2.02. The third-order valence-corrected chi connectivity index (χ3v) is 15.1. The molecular weight excluding hydrogens is 1060 g/mol. The Morgan fingerprint density at radius 1 is 0.296 bits per heavy atom. The van der Waals surface area contributed by atoms with Gasteiger partial charge in [-0.3, -0.25) is 19.1 Å². The molecule has 10 aromatic carbocycles. The molecule has 0 aliphatic carbocycles. The van der Waals surface area contributed by atoms with E-state index in [9.17, 15) is 0 Å². The van der Waals surface area contributed by atoms with E-state index >= 15 is 0 Å². The molecule has 0 aliphatic rings. The summed E-state index contributed by atoms with van der Waals surface area (Å²) in [6, 6.07) is 91.3. The van der Waals surface area contributed by atoms with Crippen LogP contribution in [0.2, 0.25) is 0 Å². The topological polar surface area (TPSA) is 108 Å². The van der Waals surface area contributed by atoms with Crippen LogP contribution in [0.15, 0.2) is 284 Å². The predicted molar refractivity (Wildman–Crippen MR) is 333 cm³/mol. The van der Waals surface area contributed by atoms with Crippen molar-refractivity contribution >= 4 is 81.3 Å². The molecule has 81 heavy (non-hydrogen) atoms. The summed E-state index contributed by atoms with van der Waals surface area (Å²) in [5.74, 6) is 3.12. The van der Waals surface area contributed by atoms with Gasteiger partial charge < -0.3 is 9.55 Å². The number of pyridine rings is 2. The number of para-hydroxylation sites is 6. The Bertz CT molecular complexity index is 4780. The second kappa shape index (κ2) is 21.3. The summed E-state index contributed by atoms with van der Waals surface area (Å²) in [6.07, 6.45) is 3.65. The molecular formula is C70H47BrN10. The van der Waals surface area contributed by atoms with E-state index in [0.29, 0.717) is 0 Å². The van der Waals surface area contributed by atoms with Crippen molar-refractivity contribution < 1.29 is 0 Å². The Balaban J connectivity index is 0.000000123. The lowest BCUT2D eigenvalue weighted by Gasteiger charge is -2.14. The highest BCUT2D eigenvalue weighted by atomic mass is 79.9. The predicted octanol–water partition coefficient (Wildman–Crippen LogP) is 17.5. The zero-order chi connectivity index (χ0) is 54.1. The van der Waals surface area contributed by atoms with Crippen LogP contribution in [0.1, 0.15) is 0 Å². The summed E-state index contributed by atoms with van der Waals surface area (Å²) < 4.78 is 7.56. The van der Waals surface area contributed by atoms with Crippen molar-refractivity contribution in [3.8, 4) is 62.6 Å². The third kappa shape index (κ3) is 9.17. The molecule has 0 aliphatic heterocycles. The van der Waals surface area contributed by atoms with Gasteiger partial charge in [0.05, 0.1) is 33.4 Å². The van der Waals surface area contributed by atoms with Gasteiger partial charge in [-0.15, -0.1) is 20.4 Å². The highest BCUT2D eigenvalue weighted by molar-refractivity contribution is 9.10. The molecule has 1 N–H and O–H groups in total. The Morgan fingerprint density at radius 2 is 0.667 bits per heavy atom. The second-order valence-electron chi connectivity index (χ2n) is 19.4. The van der Waals surface area contributed by atoms with Gasteiger partial charge in [-0.1, -0.05) is 198 Å². The first-order valence-electron chi connectivity index (χ1n) is 26.6. The number of aromatic amines is 1. The van der Waals surface area contributed by atoms with Crippen LogP contribution in [0, 0.1) is 0 Å². The molecule has 6 aromatic heterocycles. The zero-order valence-corrected chi connectivity index (χ0v) is 45.0. The highest BCUT2D eigenvalue weighted by Crippen LogP contribution is 2.36. The van der Waals surface area contributed by atoms with E-state index in [0.717, 1.165) is 88.9 Å². The van der Waals surface area contributed by atoms with E-state index in [2.05, 4.69) is 231 Å².